The summed E-state index contributed by atoms with van der Waals surface area (Å²) in [7, 11) is 0. The van der Waals surface area contributed by atoms with E-state index >= 15 is 0 Å². The summed E-state index contributed by atoms with van der Waals surface area (Å²) in [6.45, 7) is 0. The van der Waals surface area contributed by atoms with Crippen molar-refractivity contribution in [3.63, 3.8) is 0 Å². The molecule has 0 aliphatic rings. The number of benzene rings is 1. The molecule has 5 heteroatoms. The number of fused-ring (bicyclic) bond motifs is 1. The fraction of sp³-hybridized carbons (Fsp3) is 0. The highest BCUT2D eigenvalue weighted by molar-refractivity contribution is 5.81. The first-order valence-corrected chi connectivity index (χ1v) is 5.09. The summed E-state index contributed by atoms with van der Waals surface area (Å²) in [4.78, 5) is 11.5. The zero-order valence-corrected chi connectivity index (χ0v) is 8.81. The number of rotatable bonds is 1. The molecule has 3 rings (SSSR count). The van der Waals surface area contributed by atoms with Crippen molar-refractivity contribution >= 4 is 16.7 Å². The van der Waals surface area contributed by atoms with Gasteiger partial charge in [-0.05, 0) is 24.3 Å². The van der Waals surface area contributed by atoms with Crippen molar-refractivity contribution in [1.82, 2.24) is 15.0 Å². The van der Waals surface area contributed by atoms with Crippen molar-refractivity contribution in [2.24, 2.45) is 0 Å². The number of pyridine rings is 1. The molecular weight excluding hydrogens is 219 g/mol. The lowest BCUT2D eigenvalue weighted by atomic mass is 10.1. The highest BCUT2D eigenvalue weighted by Gasteiger charge is 2.08. The van der Waals surface area contributed by atoms with Gasteiger partial charge >= 0.3 is 0 Å². The van der Waals surface area contributed by atoms with Gasteiger partial charge < -0.3 is 10.7 Å². The molecule has 0 fully saturated rings. The van der Waals surface area contributed by atoms with Crippen LogP contribution in [0.3, 0.4) is 0 Å². The van der Waals surface area contributed by atoms with Crippen molar-refractivity contribution in [3.8, 4) is 11.4 Å². The van der Waals surface area contributed by atoms with Gasteiger partial charge in [0.2, 0.25) is 0 Å². The second-order valence-electron chi connectivity index (χ2n) is 3.71. The number of hydrogen-bond donors (Lipinski definition) is 2. The predicted octanol–water partition coefficient (Wildman–Crippen LogP) is 2.35. The molecule has 0 saturated carbocycles. The predicted molar refractivity (Wildman–Crippen MR) is 63.7 cm³/mol. The number of anilines is 1. The van der Waals surface area contributed by atoms with E-state index in [-0.39, 0.29) is 5.82 Å². The maximum absolute atomic E-state index is 12.9. The Kier molecular flexibility index (Phi) is 2.04. The van der Waals surface area contributed by atoms with Crippen LogP contribution in [0.25, 0.3) is 22.4 Å². The van der Waals surface area contributed by atoms with E-state index in [9.17, 15) is 4.39 Å². The van der Waals surface area contributed by atoms with Crippen molar-refractivity contribution in [3.05, 3.63) is 42.5 Å². The summed E-state index contributed by atoms with van der Waals surface area (Å²) in [6.07, 6.45) is 3.35. The van der Waals surface area contributed by atoms with Gasteiger partial charge in [-0.1, -0.05) is 0 Å². The quantitative estimate of drug-likeness (QED) is 0.628. The molecule has 3 aromatic rings. The first kappa shape index (κ1) is 9.77. The van der Waals surface area contributed by atoms with Crippen LogP contribution in [0.4, 0.5) is 10.1 Å². The van der Waals surface area contributed by atoms with Gasteiger partial charge in [0, 0.05) is 17.4 Å². The van der Waals surface area contributed by atoms with E-state index in [4.69, 9.17) is 5.73 Å². The zero-order valence-electron chi connectivity index (χ0n) is 8.81. The van der Waals surface area contributed by atoms with E-state index in [2.05, 4.69) is 15.0 Å². The number of hydrogen-bond acceptors (Lipinski definition) is 3. The van der Waals surface area contributed by atoms with Crippen LogP contribution in [0, 0.1) is 5.82 Å². The third kappa shape index (κ3) is 1.61. The average molecular weight is 228 g/mol. The standard InChI is InChI=1S/C12H9FN4/c13-7-1-2-8(9(14)5-7)12-16-10-3-4-15-6-11(10)17-12/h1-6H,14H2,(H,16,17). The molecule has 3 N–H and O–H groups in total. The maximum Gasteiger partial charge on any atom is 0.140 e. The van der Waals surface area contributed by atoms with E-state index in [1.807, 2.05) is 0 Å². The van der Waals surface area contributed by atoms with Crippen LogP contribution in [0.2, 0.25) is 0 Å². The molecular formula is C12H9FN4. The Bertz CT molecular complexity index is 657. The first-order chi connectivity index (χ1) is 8.24. The highest BCUT2D eigenvalue weighted by Crippen LogP contribution is 2.25. The molecule has 0 aliphatic carbocycles. The molecule has 0 bridgehead atoms. The summed E-state index contributed by atoms with van der Waals surface area (Å²) in [5.41, 5.74) is 8.43. The van der Waals surface area contributed by atoms with E-state index in [0.29, 0.717) is 17.1 Å². The van der Waals surface area contributed by atoms with Crippen LogP contribution in [0.1, 0.15) is 0 Å². The number of imidazole rings is 1. The zero-order chi connectivity index (χ0) is 11.8. The number of nitrogen functional groups attached to an aromatic ring is 1. The molecule has 0 aliphatic heterocycles. The fourth-order valence-electron chi connectivity index (χ4n) is 1.73. The minimum atomic E-state index is -0.357. The number of aromatic amines is 1. The molecule has 0 unspecified atom stereocenters. The molecule has 0 radical (unpaired) electrons. The summed E-state index contributed by atoms with van der Waals surface area (Å²) in [5, 5.41) is 0. The molecule has 17 heavy (non-hydrogen) atoms. The van der Waals surface area contributed by atoms with Crippen molar-refractivity contribution in [1.29, 1.82) is 0 Å². The molecule has 2 aromatic heterocycles. The van der Waals surface area contributed by atoms with E-state index < -0.39 is 0 Å². The minimum Gasteiger partial charge on any atom is -0.398 e. The lowest BCUT2D eigenvalue weighted by Gasteiger charge is -2.01. The van der Waals surface area contributed by atoms with Gasteiger partial charge in [-0.15, -0.1) is 0 Å². The Labute approximate surface area is 96.3 Å². The lowest BCUT2D eigenvalue weighted by molar-refractivity contribution is 0.628. The SMILES string of the molecule is Nc1cc(F)ccc1-c1nc2ccncc2[nH]1. The number of nitrogens with zero attached hydrogens (tertiary/aromatic N) is 2. The third-order valence-corrected chi connectivity index (χ3v) is 2.55. The van der Waals surface area contributed by atoms with Gasteiger partial charge in [0.1, 0.15) is 11.6 Å². The molecule has 84 valence electrons. The van der Waals surface area contributed by atoms with Crippen LogP contribution in [-0.2, 0) is 0 Å². The van der Waals surface area contributed by atoms with Gasteiger partial charge in [0.25, 0.3) is 0 Å². The molecule has 0 atom stereocenters. The molecule has 0 spiro atoms. The van der Waals surface area contributed by atoms with Crippen molar-refractivity contribution in [2.45, 2.75) is 0 Å². The number of H-pyrrole nitrogens is 1. The van der Waals surface area contributed by atoms with E-state index in [0.717, 1.165) is 11.0 Å². The second kappa shape index (κ2) is 3.55. The average Bonchev–Trinajstić information content (AvgIpc) is 2.72. The van der Waals surface area contributed by atoms with Crippen LogP contribution in [-0.4, -0.2) is 15.0 Å². The molecule has 0 saturated heterocycles. The number of halogens is 1. The largest absolute Gasteiger partial charge is 0.398 e. The molecule has 0 amide bonds. The normalized spacial score (nSPS) is 10.9. The lowest BCUT2D eigenvalue weighted by Crippen LogP contribution is -1.92. The second-order valence-corrected chi connectivity index (χ2v) is 3.71. The van der Waals surface area contributed by atoms with Crippen LogP contribution >= 0.6 is 0 Å². The fourth-order valence-corrected chi connectivity index (χ4v) is 1.73. The third-order valence-electron chi connectivity index (χ3n) is 2.55. The van der Waals surface area contributed by atoms with Crippen LogP contribution < -0.4 is 5.73 Å². The summed E-state index contributed by atoms with van der Waals surface area (Å²) in [6, 6.07) is 6.04. The Hall–Kier alpha value is -2.43. The van der Waals surface area contributed by atoms with Gasteiger partial charge in [0.15, 0.2) is 0 Å². The topological polar surface area (TPSA) is 67.6 Å². The number of nitrogens with one attached hydrogen (secondary N) is 1. The van der Waals surface area contributed by atoms with Crippen LogP contribution in [0.15, 0.2) is 36.7 Å². The van der Waals surface area contributed by atoms with Crippen LogP contribution in [0.5, 0.6) is 0 Å². The number of nitrogens with two attached hydrogens (primary N) is 1. The molecule has 1 aromatic carbocycles. The van der Waals surface area contributed by atoms with E-state index in [1.54, 1.807) is 24.5 Å². The maximum atomic E-state index is 12.9. The Morgan fingerprint density at radius 3 is 2.88 bits per heavy atom. The van der Waals surface area contributed by atoms with Gasteiger partial charge in [-0.3, -0.25) is 4.98 Å². The smallest absolute Gasteiger partial charge is 0.140 e. The number of aromatic nitrogens is 3. The Morgan fingerprint density at radius 2 is 2.12 bits per heavy atom. The monoisotopic (exact) mass is 228 g/mol. The highest BCUT2D eigenvalue weighted by atomic mass is 19.1. The summed E-state index contributed by atoms with van der Waals surface area (Å²) in [5.74, 6) is 0.259. The van der Waals surface area contributed by atoms with E-state index in [1.165, 1.54) is 12.1 Å². The Balaban J connectivity index is 2.20. The van der Waals surface area contributed by atoms with Gasteiger partial charge in [-0.2, -0.15) is 0 Å². The van der Waals surface area contributed by atoms with Crippen molar-refractivity contribution < 1.29 is 4.39 Å². The summed E-state index contributed by atoms with van der Waals surface area (Å²) < 4.78 is 12.9. The van der Waals surface area contributed by atoms with Crippen molar-refractivity contribution in [2.75, 3.05) is 5.73 Å². The molecule has 4 nitrogen and oxygen atoms in total. The Morgan fingerprint density at radius 1 is 1.24 bits per heavy atom. The van der Waals surface area contributed by atoms with Gasteiger partial charge in [-0.25, -0.2) is 9.37 Å². The minimum absolute atomic E-state index is 0.357. The summed E-state index contributed by atoms with van der Waals surface area (Å²) >= 11 is 0. The molecule has 2 heterocycles. The van der Waals surface area contributed by atoms with Gasteiger partial charge in [0.05, 0.1) is 17.2 Å². The first-order valence-electron chi connectivity index (χ1n) is 5.09.